The molecule has 0 bridgehead atoms. The standard InChI is InChI=1S/C24H24ClFN2O5S/c1-16-6-4-5-7-17(16)14-27-24(29)15-28(18-8-10-21(26)20(25)12-18)34(30,31)19-9-11-22(32-2)23(13-19)33-3/h4-13H,14-15H2,1-3H3,(H,27,29). The lowest BCUT2D eigenvalue weighted by Crippen LogP contribution is -2.40. The van der Waals surface area contributed by atoms with Crippen molar-refractivity contribution in [3.8, 4) is 11.5 Å². The number of halogens is 2. The fourth-order valence-electron chi connectivity index (χ4n) is 3.25. The van der Waals surface area contributed by atoms with E-state index in [-0.39, 0.29) is 27.9 Å². The van der Waals surface area contributed by atoms with Crippen LogP contribution in [0, 0.1) is 12.7 Å². The number of hydrogen-bond donors (Lipinski definition) is 1. The second-order valence-electron chi connectivity index (χ2n) is 7.33. The zero-order valence-electron chi connectivity index (χ0n) is 18.8. The highest BCUT2D eigenvalue weighted by Crippen LogP contribution is 2.33. The maximum Gasteiger partial charge on any atom is 0.264 e. The molecule has 0 unspecified atom stereocenters. The van der Waals surface area contributed by atoms with Crippen molar-refractivity contribution in [3.63, 3.8) is 0 Å². The minimum atomic E-state index is -4.27. The third-order valence-electron chi connectivity index (χ3n) is 5.16. The van der Waals surface area contributed by atoms with Gasteiger partial charge in [0.1, 0.15) is 12.4 Å². The molecule has 180 valence electrons. The Hall–Kier alpha value is -3.30. The molecule has 3 aromatic carbocycles. The van der Waals surface area contributed by atoms with Crippen molar-refractivity contribution in [1.82, 2.24) is 5.32 Å². The summed E-state index contributed by atoms with van der Waals surface area (Å²) in [6.07, 6.45) is 0. The van der Waals surface area contributed by atoms with Gasteiger partial charge >= 0.3 is 0 Å². The maximum atomic E-state index is 13.8. The Balaban J connectivity index is 1.96. The largest absolute Gasteiger partial charge is 0.493 e. The number of sulfonamides is 1. The fraction of sp³-hybridized carbons (Fsp3) is 0.208. The van der Waals surface area contributed by atoms with Gasteiger partial charge in [-0.15, -0.1) is 0 Å². The van der Waals surface area contributed by atoms with E-state index in [2.05, 4.69) is 5.32 Å². The quantitative estimate of drug-likeness (QED) is 0.467. The molecule has 1 N–H and O–H groups in total. The van der Waals surface area contributed by atoms with Crippen molar-refractivity contribution in [3.05, 3.63) is 82.6 Å². The van der Waals surface area contributed by atoms with E-state index in [0.717, 1.165) is 27.6 Å². The van der Waals surface area contributed by atoms with Crippen molar-refractivity contribution in [2.45, 2.75) is 18.4 Å². The summed E-state index contributed by atoms with van der Waals surface area (Å²) in [5, 5.41) is 2.46. The smallest absolute Gasteiger partial charge is 0.264 e. The number of anilines is 1. The van der Waals surface area contributed by atoms with Crippen LogP contribution in [-0.2, 0) is 21.4 Å². The first-order valence-corrected chi connectivity index (χ1v) is 12.0. The number of carbonyl (C=O) groups is 1. The fourth-order valence-corrected chi connectivity index (χ4v) is 4.85. The number of nitrogens with zero attached hydrogens (tertiary/aromatic N) is 1. The van der Waals surface area contributed by atoms with E-state index in [0.29, 0.717) is 5.75 Å². The zero-order valence-corrected chi connectivity index (χ0v) is 20.4. The number of carbonyl (C=O) groups excluding carboxylic acids is 1. The SMILES string of the molecule is COc1ccc(S(=O)(=O)N(CC(=O)NCc2ccccc2C)c2ccc(F)c(Cl)c2)cc1OC. The third-order valence-corrected chi connectivity index (χ3v) is 7.22. The Morgan fingerprint density at radius 2 is 1.74 bits per heavy atom. The van der Waals surface area contributed by atoms with E-state index in [1.807, 2.05) is 31.2 Å². The Kier molecular flexibility index (Phi) is 8.01. The van der Waals surface area contributed by atoms with Crippen LogP contribution in [0.15, 0.2) is 65.6 Å². The first kappa shape index (κ1) is 25.3. The molecule has 0 fully saturated rings. The molecule has 10 heteroatoms. The van der Waals surface area contributed by atoms with Gasteiger partial charge in [0.2, 0.25) is 5.91 Å². The minimum absolute atomic E-state index is 0.0345. The highest BCUT2D eigenvalue weighted by Gasteiger charge is 2.29. The van der Waals surface area contributed by atoms with Crippen LogP contribution in [0.2, 0.25) is 5.02 Å². The van der Waals surface area contributed by atoms with E-state index in [1.165, 1.54) is 38.5 Å². The summed E-state index contributed by atoms with van der Waals surface area (Å²) < 4.78 is 52.2. The van der Waals surface area contributed by atoms with Crippen LogP contribution in [0.3, 0.4) is 0 Å². The normalized spacial score (nSPS) is 11.1. The van der Waals surface area contributed by atoms with Gasteiger partial charge in [-0.25, -0.2) is 12.8 Å². The van der Waals surface area contributed by atoms with Crippen LogP contribution in [0.5, 0.6) is 11.5 Å². The third kappa shape index (κ3) is 5.60. The van der Waals surface area contributed by atoms with Gasteiger partial charge in [-0.3, -0.25) is 9.10 Å². The van der Waals surface area contributed by atoms with E-state index in [4.69, 9.17) is 21.1 Å². The molecule has 7 nitrogen and oxygen atoms in total. The Morgan fingerprint density at radius 3 is 2.38 bits per heavy atom. The van der Waals surface area contributed by atoms with E-state index < -0.39 is 28.3 Å². The zero-order chi connectivity index (χ0) is 24.9. The summed E-state index contributed by atoms with van der Waals surface area (Å²) in [5.74, 6) is -0.718. The molecule has 0 spiro atoms. The van der Waals surface area contributed by atoms with Gasteiger partial charge in [0.05, 0.1) is 29.8 Å². The van der Waals surface area contributed by atoms with E-state index >= 15 is 0 Å². The van der Waals surface area contributed by atoms with Crippen molar-refractivity contribution in [2.75, 3.05) is 25.1 Å². The lowest BCUT2D eigenvalue weighted by atomic mass is 10.1. The van der Waals surface area contributed by atoms with Crippen LogP contribution in [0.1, 0.15) is 11.1 Å². The van der Waals surface area contributed by atoms with Crippen LogP contribution >= 0.6 is 11.6 Å². The van der Waals surface area contributed by atoms with Crippen molar-refractivity contribution >= 4 is 33.2 Å². The summed E-state index contributed by atoms with van der Waals surface area (Å²) in [7, 11) is -1.46. The van der Waals surface area contributed by atoms with Gasteiger partial charge in [0, 0.05) is 12.6 Å². The van der Waals surface area contributed by atoms with Crippen molar-refractivity contribution < 1.29 is 27.1 Å². The number of nitrogens with one attached hydrogen (secondary N) is 1. The second-order valence-corrected chi connectivity index (χ2v) is 9.60. The molecular formula is C24H24ClFN2O5S. The van der Waals surface area contributed by atoms with Crippen LogP contribution < -0.4 is 19.1 Å². The van der Waals surface area contributed by atoms with Gasteiger partial charge in [-0.1, -0.05) is 35.9 Å². The van der Waals surface area contributed by atoms with Crippen molar-refractivity contribution in [1.29, 1.82) is 0 Å². The van der Waals surface area contributed by atoms with Gasteiger partial charge < -0.3 is 14.8 Å². The Labute approximate surface area is 203 Å². The van der Waals surface area contributed by atoms with Crippen LogP contribution in [0.25, 0.3) is 0 Å². The van der Waals surface area contributed by atoms with E-state index in [9.17, 15) is 17.6 Å². The molecule has 0 saturated heterocycles. The Morgan fingerprint density at radius 1 is 1.03 bits per heavy atom. The average molecular weight is 507 g/mol. The molecule has 0 aromatic heterocycles. The number of rotatable bonds is 9. The second kappa shape index (κ2) is 10.8. The molecule has 34 heavy (non-hydrogen) atoms. The molecule has 3 aromatic rings. The Bertz CT molecular complexity index is 1300. The maximum absolute atomic E-state index is 13.8. The number of amides is 1. The molecule has 0 heterocycles. The first-order chi connectivity index (χ1) is 16.2. The lowest BCUT2D eigenvalue weighted by molar-refractivity contribution is -0.119. The highest BCUT2D eigenvalue weighted by molar-refractivity contribution is 7.92. The predicted octanol–water partition coefficient (Wildman–Crippen LogP) is 4.32. The number of benzene rings is 3. The number of methoxy groups -OCH3 is 2. The predicted molar refractivity (Wildman–Crippen MR) is 129 cm³/mol. The van der Waals surface area contributed by atoms with Crippen LogP contribution in [-0.4, -0.2) is 35.1 Å². The summed E-state index contributed by atoms with van der Waals surface area (Å²) in [6, 6.07) is 15.0. The highest BCUT2D eigenvalue weighted by atomic mass is 35.5. The summed E-state index contributed by atoms with van der Waals surface area (Å²) in [4.78, 5) is 12.7. The molecule has 0 aliphatic rings. The van der Waals surface area contributed by atoms with E-state index in [1.54, 1.807) is 0 Å². The molecule has 1 amide bonds. The van der Waals surface area contributed by atoms with Gasteiger partial charge in [0.25, 0.3) is 10.0 Å². The number of ether oxygens (including phenoxy) is 2. The minimum Gasteiger partial charge on any atom is -0.493 e. The van der Waals surface area contributed by atoms with Crippen LogP contribution in [0.4, 0.5) is 10.1 Å². The first-order valence-electron chi connectivity index (χ1n) is 10.2. The molecule has 0 saturated carbocycles. The van der Waals surface area contributed by atoms with Crippen molar-refractivity contribution in [2.24, 2.45) is 0 Å². The number of hydrogen-bond acceptors (Lipinski definition) is 5. The number of aryl methyl sites for hydroxylation is 1. The summed E-state index contributed by atoms with van der Waals surface area (Å²) >= 11 is 5.90. The molecule has 0 radical (unpaired) electrons. The topological polar surface area (TPSA) is 84.9 Å². The summed E-state index contributed by atoms with van der Waals surface area (Å²) in [6.45, 7) is 1.58. The summed E-state index contributed by atoms with van der Waals surface area (Å²) in [5.41, 5.74) is 1.92. The molecular weight excluding hydrogens is 483 g/mol. The molecule has 3 rings (SSSR count). The average Bonchev–Trinajstić information content (AvgIpc) is 2.83. The molecule has 0 atom stereocenters. The van der Waals surface area contributed by atoms with Gasteiger partial charge in [-0.05, 0) is 48.4 Å². The monoisotopic (exact) mass is 506 g/mol. The molecule has 0 aliphatic carbocycles. The molecule has 0 aliphatic heterocycles. The van der Waals surface area contributed by atoms with Gasteiger partial charge in [0.15, 0.2) is 11.5 Å². The van der Waals surface area contributed by atoms with Gasteiger partial charge in [-0.2, -0.15) is 0 Å². The lowest BCUT2D eigenvalue weighted by Gasteiger charge is -2.25.